The lowest BCUT2D eigenvalue weighted by Gasteiger charge is -2.14. The second-order valence-corrected chi connectivity index (χ2v) is 6.33. The zero-order valence-corrected chi connectivity index (χ0v) is 12.1. The quantitative estimate of drug-likeness (QED) is 0.589. The summed E-state index contributed by atoms with van der Waals surface area (Å²) in [5.74, 6) is -1.09. The Morgan fingerprint density at radius 1 is 0.857 bits per heavy atom. The van der Waals surface area contributed by atoms with Crippen molar-refractivity contribution in [1.29, 1.82) is 0 Å². The van der Waals surface area contributed by atoms with Gasteiger partial charge in [0.25, 0.3) is 0 Å². The molecule has 0 aliphatic carbocycles. The minimum absolute atomic E-state index is 0.251. The van der Waals surface area contributed by atoms with Gasteiger partial charge in [-0.1, -0.05) is 53.0 Å². The lowest BCUT2D eigenvalue weighted by molar-refractivity contribution is 0.442. The number of benzene rings is 1. The fourth-order valence-electron chi connectivity index (χ4n) is 2.12. The zero-order valence-electron chi connectivity index (χ0n) is 10.5. The summed E-state index contributed by atoms with van der Waals surface area (Å²) in [4.78, 5) is 27.4. The maximum atomic E-state index is 11.4. The topological polar surface area (TPSA) is 106 Å². The van der Waals surface area contributed by atoms with E-state index in [2.05, 4.69) is 9.97 Å². The molecule has 0 saturated carbocycles. The molecule has 8 heteroatoms. The molecule has 0 unspecified atom stereocenters. The average Bonchev–Trinajstić information content (AvgIpc) is 2.94. The van der Waals surface area contributed by atoms with Crippen LogP contribution < -0.4 is 9.75 Å². The summed E-state index contributed by atoms with van der Waals surface area (Å²) in [5.41, 5.74) is 0.758. The molecule has 0 saturated heterocycles. The van der Waals surface area contributed by atoms with Gasteiger partial charge < -0.3 is 10.2 Å². The molecule has 0 bridgehead atoms. The molecule has 0 radical (unpaired) electrons. The number of hydrogen-bond donors (Lipinski definition) is 4. The predicted molar refractivity (Wildman–Crippen MR) is 80.6 cm³/mol. The molecule has 2 heterocycles. The molecule has 1 aromatic carbocycles. The number of aromatic amines is 2. The summed E-state index contributed by atoms with van der Waals surface area (Å²) in [7, 11) is 0. The van der Waals surface area contributed by atoms with Crippen molar-refractivity contribution in [3.05, 3.63) is 65.0 Å². The SMILES string of the molecule is O=c1[nH]c(O)c(C(c2ccccc2)c2sc(=O)[nH]c2O)s1. The van der Waals surface area contributed by atoms with Crippen LogP contribution in [0, 0.1) is 0 Å². The molecule has 4 N–H and O–H groups in total. The van der Waals surface area contributed by atoms with Gasteiger partial charge in [-0.15, -0.1) is 0 Å². The molecule has 3 aromatic rings. The van der Waals surface area contributed by atoms with Crippen LogP contribution in [0.1, 0.15) is 21.2 Å². The molecule has 3 rings (SSSR count). The van der Waals surface area contributed by atoms with Crippen molar-refractivity contribution in [2.45, 2.75) is 5.92 Å². The van der Waals surface area contributed by atoms with Gasteiger partial charge in [0.2, 0.25) is 11.8 Å². The first-order valence-electron chi connectivity index (χ1n) is 5.95. The van der Waals surface area contributed by atoms with Crippen LogP contribution in [-0.4, -0.2) is 20.2 Å². The Kier molecular flexibility index (Phi) is 3.40. The Morgan fingerprint density at radius 2 is 1.33 bits per heavy atom. The van der Waals surface area contributed by atoms with Crippen molar-refractivity contribution in [2.24, 2.45) is 0 Å². The second-order valence-electron chi connectivity index (χ2n) is 4.30. The maximum absolute atomic E-state index is 11.4. The third-order valence-electron chi connectivity index (χ3n) is 2.97. The van der Waals surface area contributed by atoms with Gasteiger partial charge in [-0.05, 0) is 5.56 Å². The van der Waals surface area contributed by atoms with Crippen molar-refractivity contribution in [2.75, 3.05) is 0 Å². The third kappa shape index (κ3) is 2.50. The summed E-state index contributed by atoms with van der Waals surface area (Å²) in [6, 6.07) is 9.05. The van der Waals surface area contributed by atoms with Crippen molar-refractivity contribution < 1.29 is 10.2 Å². The minimum Gasteiger partial charge on any atom is -0.494 e. The van der Waals surface area contributed by atoms with E-state index < -0.39 is 15.7 Å². The highest BCUT2D eigenvalue weighted by Crippen LogP contribution is 2.41. The fraction of sp³-hybridized carbons (Fsp3) is 0.0769. The van der Waals surface area contributed by atoms with E-state index in [1.54, 1.807) is 24.3 Å². The average molecular weight is 322 g/mol. The van der Waals surface area contributed by atoms with Crippen molar-refractivity contribution in [3.63, 3.8) is 0 Å². The van der Waals surface area contributed by atoms with Gasteiger partial charge >= 0.3 is 9.75 Å². The molecule has 0 aliphatic rings. The number of hydrogen-bond acceptors (Lipinski definition) is 6. The van der Waals surface area contributed by atoms with E-state index in [-0.39, 0.29) is 11.8 Å². The molecular formula is C13H10N2O4S2. The van der Waals surface area contributed by atoms with Gasteiger partial charge in [-0.3, -0.25) is 19.6 Å². The number of rotatable bonds is 3. The molecule has 0 aliphatic heterocycles. The van der Waals surface area contributed by atoms with Crippen molar-refractivity contribution in [1.82, 2.24) is 9.97 Å². The van der Waals surface area contributed by atoms with Crippen LogP contribution >= 0.6 is 22.7 Å². The first-order valence-corrected chi connectivity index (χ1v) is 7.58. The standard InChI is InChI=1S/C13H10N2O4S2/c16-10-8(20-12(18)14-10)7(6-4-2-1-3-5-6)9-11(17)15-13(19)21-9/h1-5,7,16-17H,(H,14,18)(H,15,19). The van der Waals surface area contributed by atoms with E-state index in [1.165, 1.54) is 0 Å². The first-order chi connectivity index (χ1) is 10.1. The van der Waals surface area contributed by atoms with Gasteiger partial charge in [0.15, 0.2) is 0 Å². The van der Waals surface area contributed by atoms with E-state index in [4.69, 9.17) is 0 Å². The minimum atomic E-state index is -0.584. The number of nitrogens with one attached hydrogen (secondary N) is 2. The molecule has 0 amide bonds. The normalized spacial score (nSPS) is 11.1. The maximum Gasteiger partial charge on any atom is 0.307 e. The van der Waals surface area contributed by atoms with Crippen LogP contribution in [0.5, 0.6) is 11.8 Å². The second kappa shape index (κ2) is 5.23. The van der Waals surface area contributed by atoms with Crippen LogP contribution in [0.4, 0.5) is 0 Å². The van der Waals surface area contributed by atoms with E-state index in [0.717, 1.165) is 28.2 Å². The Bertz CT molecular complexity index is 821. The van der Waals surface area contributed by atoms with Gasteiger partial charge in [-0.25, -0.2) is 0 Å². The van der Waals surface area contributed by atoms with Crippen LogP contribution in [0.25, 0.3) is 0 Å². The molecule has 6 nitrogen and oxygen atoms in total. The highest BCUT2D eigenvalue weighted by atomic mass is 32.1. The first kappa shape index (κ1) is 13.7. The van der Waals surface area contributed by atoms with E-state index in [9.17, 15) is 19.8 Å². The van der Waals surface area contributed by atoms with Gasteiger partial charge in [-0.2, -0.15) is 0 Å². The number of thiazole rings is 2. The Balaban J connectivity index is 2.25. The highest BCUT2D eigenvalue weighted by molar-refractivity contribution is 7.11. The van der Waals surface area contributed by atoms with E-state index >= 15 is 0 Å². The molecule has 21 heavy (non-hydrogen) atoms. The molecule has 2 aromatic heterocycles. The number of aromatic nitrogens is 2. The zero-order chi connectivity index (χ0) is 15.0. The van der Waals surface area contributed by atoms with E-state index in [0.29, 0.717) is 9.75 Å². The van der Waals surface area contributed by atoms with Crippen LogP contribution in [-0.2, 0) is 0 Å². The van der Waals surface area contributed by atoms with Crippen molar-refractivity contribution >= 4 is 22.7 Å². The Morgan fingerprint density at radius 3 is 1.71 bits per heavy atom. The largest absolute Gasteiger partial charge is 0.494 e. The molecular weight excluding hydrogens is 312 g/mol. The molecule has 108 valence electrons. The van der Waals surface area contributed by atoms with Crippen LogP contribution in [0.15, 0.2) is 39.9 Å². The smallest absolute Gasteiger partial charge is 0.307 e. The van der Waals surface area contributed by atoms with E-state index in [1.807, 2.05) is 6.07 Å². The fourth-order valence-corrected chi connectivity index (χ4v) is 3.93. The van der Waals surface area contributed by atoms with Gasteiger partial charge in [0, 0.05) is 0 Å². The Hall–Kier alpha value is -2.32. The summed E-state index contributed by atoms with van der Waals surface area (Å²) in [6.07, 6.45) is 0. The monoisotopic (exact) mass is 322 g/mol. The van der Waals surface area contributed by atoms with Crippen molar-refractivity contribution in [3.8, 4) is 11.8 Å². The predicted octanol–water partition coefficient (Wildman–Crippen LogP) is 1.78. The Labute approximate surface area is 126 Å². The van der Waals surface area contributed by atoms with Gasteiger partial charge in [0.1, 0.15) is 0 Å². The third-order valence-corrected chi connectivity index (χ3v) is 4.84. The number of aromatic hydroxyl groups is 2. The summed E-state index contributed by atoms with van der Waals surface area (Å²) in [6.45, 7) is 0. The lowest BCUT2D eigenvalue weighted by Crippen LogP contribution is -2.00. The molecule has 0 fully saturated rings. The number of H-pyrrole nitrogens is 2. The summed E-state index contributed by atoms with van der Waals surface area (Å²) >= 11 is 1.70. The molecule has 0 spiro atoms. The lowest BCUT2D eigenvalue weighted by atomic mass is 9.96. The highest BCUT2D eigenvalue weighted by Gasteiger charge is 2.27. The van der Waals surface area contributed by atoms with Crippen LogP contribution in [0.3, 0.4) is 0 Å². The molecule has 0 atom stereocenters. The summed E-state index contributed by atoms with van der Waals surface area (Å²) in [5, 5.41) is 19.8. The van der Waals surface area contributed by atoms with Gasteiger partial charge in [0.05, 0.1) is 15.7 Å². The van der Waals surface area contributed by atoms with Crippen LogP contribution in [0.2, 0.25) is 0 Å². The summed E-state index contributed by atoms with van der Waals surface area (Å²) < 4.78 is 0.